The molecule has 5 heteroatoms. The Morgan fingerprint density at radius 2 is 1.92 bits per heavy atom. The second-order valence-electron chi connectivity index (χ2n) is 7.26. The molecular weight excluding hydrogens is 331 g/mol. The van der Waals surface area contributed by atoms with E-state index in [1.165, 1.54) is 12.1 Å². The number of nitrogens with one attached hydrogen (secondary N) is 1. The summed E-state index contributed by atoms with van der Waals surface area (Å²) in [5, 5.41) is 2.77. The predicted molar refractivity (Wildman–Crippen MR) is 97.9 cm³/mol. The van der Waals surface area contributed by atoms with Crippen LogP contribution in [0.25, 0.3) is 0 Å². The molecule has 1 fully saturated rings. The first-order chi connectivity index (χ1) is 12.4. The number of halogens is 1. The standard InChI is InChI=1S/C21H23FN2O2/c1-21(2,16-8-4-3-5-9-16)14-18(25)24-12-11-23-20(26)19(24)15-7-6-10-17(22)13-15/h3-10,13,19H,11-12,14H2,1-2H3,(H,23,26)/t19-/m0/s1. The molecule has 0 bridgehead atoms. The van der Waals surface area contributed by atoms with E-state index in [4.69, 9.17) is 0 Å². The highest BCUT2D eigenvalue weighted by atomic mass is 19.1. The lowest BCUT2D eigenvalue weighted by molar-refractivity contribution is -0.144. The molecule has 4 nitrogen and oxygen atoms in total. The maximum atomic E-state index is 13.6. The minimum Gasteiger partial charge on any atom is -0.352 e. The summed E-state index contributed by atoms with van der Waals surface area (Å²) in [5.41, 5.74) is 1.20. The zero-order valence-corrected chi connectivity index (χ0v) is 15.0. The Balaban J connectivity index is 1.85. The first kappa shape index (κ1) is 18.1. The molecule has 0 spiro atoms. The van der Waals surface area contributed by atoms with Crippen LogP contribution in [0.1, 0.15) is 37.4 Å². The van der Waals surface area contributed by atoms with Crippen molar-refractivity contribution in [3.63, 3.8) is 0 Å². The molecule has 1 heterocycles. The number of hydrogen-bond acceptors (Lipinski definition) is 2. The summed E-state index contributed by atoms with van der Waals surface area (Å²) < 4.78 is 13.6. The van der Waals surface area contributed by atoms with Crippen LogP contribution in [0.3, 0.4) is 0 Å². The van der Waals surface area contributed by atoms with Crippen molar-refractivity contribution in [1.82, 2.24) is 10.2 Å². The van der Waals surface area contributed by atoms with Crippen LogP contribution in [0, 0.1) is 5.82 Å². The highest BCUT2D eigenvalue weighted by Gasteiger charge is 2.36. The van der Waals surface area contributed by atoms with Crippen LogP contribution in [0.5, 0.6) is 0 Å². The number of piperazine rings is 1. The molecule has 0 unspecified atom stereocenters. The number of amides is 2. The number of nitrogens with zero attached hydrogens (tertiary/aromatic N) is 1. The van der Waals surface area contributed by atoms with Crippen LogP contribution in [-0.2, 0) is 15.0 Å². The normalized spacial score (nSPS) is 17.7. The fraction of sp³-hybridized carbons (Fsp3) is 0.333. The van der Waals surface area contributed by atoms with Gasteiger partial charge in [-0.05, 0) is 28.7 Å². The van der Waals surface area contributed by atoms with E-state index in [0.29, 0.717) is 18.7 Å². The maximum Gasteiger partial charge on any atom is 0.247 e. The summed E-state index contributed by atoms with van der Waals surface area (Å²) in [4.78, 5) is 27.1. The Kier molecular flexibility index (Phi) is 5.07. The molecule has 2 aromatic carbocycles. The van der Waals surface area contributed by atoms with E-state index < -0.39 is 11.9 Å². The predicted octanol–water partition coefficient (Wildman–Crippen LogP) is 3.19. The molecular formula is C21H23FN2O2. The van der Waals surface area contributed by atoms with E-state index in [1.807, 2.05) is 44.2 Å². The molecule has 1 atom stereocenters. The van der Waals surface area contributed by atoms with Gasteiger partial charge in [-0.3, -0.25) is 9.59 Å². The highest BCUT2D eigenvalue weighted by molar-refractivity contribution is 5.90. The van der Waals surface area contributed by atoms with Crippen LogP contribution in [-0.4, -0.2) is 29.8 Å². The first-order valence-electron chi connectivity index (χ1n) is 8.77. The Morgan fingerprint density at radius 1 is 1.19 bits per heavy atom. The van der Waals surface area contributed by atoms with Gasteiger partial charge in [-0.1, -0.05) is 56.3 Å². The second kappa shape index (κ2) is 7.28. The molecule has 1 aliphatic rings. The minimum atomic E-state index is -0.793. The number of hydrogen-bond donors (Lipinski definition) is 1. The largest absolute Gasteiger partial charge is 0.352 e. The zero-order valence-electron chi connectivity index (χ0n) is 15.0. The van der Waals surface area contributed by atoms with Crippen LogP contribution >= 0.6 is 0 Å². The van der Waals surface area contributed by atoms with Crippen LogP contribution in [0.15, 0.2) is 54.6 Å². The van der Waals surface area contributed by atoms with Crippen molar-refractivity contribution in [2.45, 2.75) is 31.7 Å². The lowest BCUT2D eigenvalue weighted by Gasteiger charge is -2.37. The summed E-state index contributed by atoms with van der Waals surface area (Å²) in [7, 11) is 0. The Bertz CT molecular complexity index is 805. The monoisotopic (exact) mass is 354 g/mol. The Labute approximate surface area is 153 Å². The summed E-state index contributed by atoms with van der Waals surface area (Å²) in [5.74, 6) is -0.798. The lowest BCUT2D eigenvalue weighted by Crippen LogP contribution is -2.53. The molecule has 1 aliphatic heterocycles. The van der Waals surface area contributed by atoms with Crippen molar-refractivity contribution in [1.29, 1.82) is 0 Å². The van der Waals surface area contributed by atoms with E-state index in [9.17, 15) is 14.0 Å². The SMILES string of the molecule is CC(C)(CC(=O)N1CCNC(=O)[C@@H]1c1cccc(F)c1)c1ccccc1. The molecule has 1 saturated heterocycles. The molecule has 3 rings (SSSR count). The van der Waals surface area contributed by atoms with Crippen LogP contribution in [0.2, 0.25) is 0 Å². The zero-order chi connectivity index (χ0) is 18.7. The van der Waals surface area contributed by atoms with Gasteiger partial charge < -0.3 is 10.2 Å². The van der Waals surface area contributed by atoms with Crippen LogP contribution in [0.4, 0.5) is 4.39 Å². The van der Waals surface area contributed by atoms with Gasteiger partial charge in [0, 0.05) is 19.5 Å². The average Bonchev–Trinajstić information content (AvgIpc) is 2.62. The third-order valence-electron chi connectivity index (χ3n) is 4.85. The maximum absolute atomic E-state index is 13.6. The van der Waals surface area contributed by atoms with Gasteiger partial charge in [0.05, 0.1) is 0 Å². The Morgan fingerprint density at radius 3 is 2.62 bits per heavy atom. The van der Waals surface area contributed by atoms with Gasteiger partial charge in [0.1, 0.15) is 11.9 Å². The van der Waals surface area contributed by atoms with Gasteiger partial charge in [0.25, 0.3) is 0 Å². The Hall–Kier alpha value is -2.69. The molecule has 1 N–H and O–H groups in total. The van der Waals surface area contributed by atoms with Crippen molar-refractivity contribution in [2.75, 3.05) is 13.1 Å². The summed E-state index contributed by atoms with van der Waals surface area (Å²) in [6.07, 6.45) is 0.274. The topological polar surface area (TPSA) is 49.4 Å². The molecule has 136 valence electrons. The number of rotatable bonds is 4. The van der Waals surface area contributed by atoms with Gasteiger partial charge in [-0.15, -0.1) is 0 Å². The molecule has 26 heavy (non-hydrogen) atoms. The average molecular weight is 354 g/mol. The third kappa shape index (κ3) is 3.77. The number of carbonyl (C=O) groups is 2. The molecule has 0 saturated carbocycles. The second-order valence-corrected chi connectivity index (χ2v) is 7.26. The fourth-order valence-corrected chi connectivity index (χ4v) is 3.41. The van der Waals surface area contributed by atoms with Gasteiger partial charge in [0.15, 0.2) is 0 Å². The molecule has 0 radical (unpaired) electrons. The molecule has 2 aromatic rings. The van der Waals surface area contributed by atoms with E-state index in [2.05, 4.69) is 5.32 Å². The van der Waals surface area contributed by atoms with Crippen molar-refractivity contribution in [3.05, 3.63) is 71.5 Å². The highest BCUT2D eigenvalue weighted by Crippen LogP contribution is 2.31. The van der Waals surface area contributed by atoms with Crippen molar-refractivity contribution < 1.29 is 14.0 Å². The van der Waals surface area contributed by atoms with E-state index in [1.54, 1.807) is 17.0 Å². The van der Waals surface area contributed by atoms with E-state index in [-0.39, 0.29) is 23.7 Å². The van der Waals surface area contributed by atoms with Crippen molar-refractivity contribution in [2.24, 2.45) is 0 Å². The van der Waals surface area contributed by atoms with Crippen LogP contribution < -0.4 is 5.32 Å². The first-order valence-corrected chi connectivity index (χ1v) is 8.77. The van der Waals surface area contributed by atoms with Gasteiger partial charge in [-0.25, -0.2) is 4.39 Å². The summed E-state index contributed by atoms with van der Waals surface area (Å²) >= 11 is 0. The minimum absolute atomic E-state index is 0.108. The van der Waals surface area contributed by atoms with Gasteiger partial charge >= 0.3 is 0 Å². The summed E-state index contributed by atoms with van der Waals surface area (Å²) in [6, 6.07) is 14.9. The van der Waals surface area contributed by atoms with Gasteiger partial charge in [-0.2, -0.15) is 0 Å². The lowest BCUT2D eigenvalue weighted by atomic mass is 9.81. The van der Waals surface area contributed by atoms with Crippen molar-refractivity contribution >= 4 is 11.8 Å². The number of benzene rings is 2. The number of carbonyl (C=O) groups excluding carboxylic acids is 2. The molecule has 2 amide bonds. The van der Waals surface area contributed by atoms with E-state index >= 15 is 0 Å². The fourth-order valence-electron chi connectivity index (χ4n) is 3.41. The third-order valence-corrected chi connectivity index (χ3v) is 4.85. The summed E-state index contributed by atoms with van der Waals surface area (Å²) in [6.45, 7) is 4.85. The van der Waals surface area contributed by atoms with Gasteiger partial charge in [0.2, 0.25) is 11.8 Å². The van der Waals surface area contributed by atoms with Crippen molar-refractivity contribution in [3.8, 4) is 0 Å². The quantitative estimate of drug-likeness (QED) is 0.917. The smallest absolute Gasteiger partial charge is 0.247 e. The molecule has 0 aromatic heterocycles. The molecule has 0 aliphatic carbocycles. The van der Waals surface area contributed by atoms with E-state index in [0.717, 1.165) is 5.56 Å².